The van der Waals surface area contributed by atoms with Gasteiger partial charge in [0, 0.05) is 18.6 Å². The van der Waals surface area contributed by atoms with Gasteiger partial charge in [0.25, 0.3) is 5.56 Å². The zero-order chi connectivity index (χ0) is 21.4. The molecule has 3 heterocycles. The third-order valence-electron chi connectivity index (χ3n) is 5.83. The fourth-order valence-electron chi connectivity index (χ4n) is 4.47. The maximum atomic E-state index is 13.0. The molecular formula is C22H29N5O2S. The minimum absolute atomic E-state index is 0.0530. The van der Waals surface area contributed by atoms with Crippen molar-refractivity contribution in [2.75, 3.05) is 5.75 Å². The topological polar surface area (TPSA) is 72.5 Å². The van der Waals surface area contributed by atoms with Gasteiger partial charge in [-0.1, -0.05) is 37.7 Å². The number of nitrogens with zero attached hydrogens (tertiary/aromatic N) is 5. The van der Waals surface area contributed by atoms with E-state index in [4.69, 9.17) is 0 Å². The Balaban J connectivity index is 1.71. The van der Waals surface area contributed by atoms with Crippen LogP contribution in [-0.2, 0) is 11.3 Å². The average Bonchev–Trinajstić information content (AvgIpc) is 3.13. The summed E-state index contributed by atoms with van der Waals surface area (Å²) in [6.07, 6.45) is 3.29. The summed E-state index contributed by atoms with van der Waals surface area (Å²) in [5, 5.41) is 9.97. The zero-order valence-corrected chi connectivity index (χ0v) is 18.9. The number of para-hydroxylation sites is 1. The summed E-state index contributed by atoms with van der Waals surface area (Å²) in [6.45, 7) is 8.97. The summed E-state index contributed by atoms with van der Waals surface area (Å²) in [7, 11) is 0. The fourth-order valence-corrected chi connectivity index (χ4v) is 5.28. The highest BCUT2D eigenvalue weighted by Gasteiger charge is 2.29. The molecule has 4 rings (SSSR count). The SMILES string of the molecule is CC(C)Cn1c(=O)c2ccccc2n2c(SCC(=O)N3C(C)CCCC3C)nnc12. The Hall–Kier alpha value is -2.35. The number of carbonyl (C=O) groups excluding carboxylic acids is 1. The van der Waals surface area contributed by atoms with Crippen LogP contribution in [0, 0.1) is 5.92 Å². The zero-order valence-electron chi connectivity index (χ0n) is 18.0. The number of aromatic nitrogens is 4. The summed E-state index contributed by atoms with van der Waals surface area (Å²) in [5.74, 6) is 1.27. The van der Waals surface area contributed by atoms with Gasteiger partial charge in [0.05, 0.1) is 16.7 Å². The second-order valence-electron chi connectivity index (χ2n) is 8.66. The number of hydrogen-bond acceptors (Lipinski definition) is 5. The van der Waals surface area contributed by atoms with Gasteiger partial charge in [0.15, 0.2) is 5.16 Å². The monoisotopic (exact) mass is 427 g/mol. The molecule has 8 heteroatoms. The predicted molar refractivity (Wildman–Crippen MR) is 120 cm³/mol. The Morgan fingerprint density at radius 3 is 2.57 bits per heavy atom. The van der Waals surface area contributed by atoms with E-state index in [1.165, 1.54) is 18.2 Å². The van der Waals surface area contributed by atoms with Crippen molar-refractivity contribution in [3.63, 3.8) is 0 Å². The van der Waals surface area contributed by atoms with Crippen LogP contribution in [0.15, 0.2) is 34.2 Å². The van der Waals surface area contributed by atoms with Gasteiger partial charge in [0.1, 0.15) is 0 Å². The second kappa shape index (κ2) is 8.41. The molecule has 1 aromatic carbocycles. The van der Waals surface area contributed by atoms with E-state index in [-0.39, 0.29) is 23.6 Å². The lowest BCUT2D eigenvalue weighted by Gasteiger charge is -2.39. The van der Waals surface area contributed by atoms with Gasteiger partial charge in [0.2, 0.25) is 11.7 Å². The molecule has 1 aliphatic rings. The molecule has 0 N–H and O–H groups in total. The minimum Gasteiger partial charge on any atom is -0.337 e. The second-order valence-corrected chi connectivity index (χ2v) is 9.61. The molecular weight excluding hydrogens is 398 g/mol. The van der Waals surface area contributed by atoms with Crippen molar-refractivity contribution < 1.29 is 4.79 Å². The first-order valence-electron chi connectivity index (χ1n) is 10.7. The molecule has 30 heavy (non-hydrogen) atoms. The third-order valence-corrected chi connectivity index (χ3v) is 6.75. The Bertz CT molecular complexity index is 1130. The summed E-state index contributed by atoms with van der Waals surface area (Å²) in [5.41, 5.74) is 0.722. The number of hydrogen-bond donors (Lipinski definition) is 0. The number of rotatable bonds is 5. The van der Waals surface area contributed by atoms with E-state index in [9.17, 15) is 9.59 Å². The number of benzene rings is 1. The molecule has 160 valence electrons. The predicted octanol–water partition coefficient (Wildman–Crippen LogP) is 3.58. The van der Waals surface area contributed by atoms with Crippen LogP contribution in [0.4, 0.5) is 0 Å². The highest BCUT2D eigenvalue weighted by Crippen LogP contribution is 2.26. The lowest BCUT2D eigenvalue weighted by molar-refractivity contribution is -0.134. The van der Waals surface area contributed by atoms with E-state index in [1.807, 2.05) is 33.6 Å². The van der Waals surface area contributed by atoms with Crippen LogP contribution in [0.3, 0.4) is 0 Å². The highest BCUT2D eigenvalue weighted by atomic mass is 32.2. The number of thioether (sulfide) groups is 1. The van der Waals surface area contributed by atoms with Crippen LogP contribution < -0.4 is 5.56 Å². The molecule has 1 amide bonds. The number of carbonyl (C=O) groups is 1. The standard InChI is InChI=1S/C22H29N5O2S/c1-14(2)12-25-20(29)17-10-5-6-11-18(17)27-21(25)23-24-22(27)30-13-19(28)26-15(3)8-7-9-16(26)4/h5-6,10-11,14-16H,7-9,12-13H2,1-4H3. The Labute approximate surface area is 180 Å². The van der Waals surface area contributed by atoms with Crippen molar-refractivity contribution >= 4 is 34.3 Å². The Kier molecular flexibility index (Phi) is 5.86. The molecule has 3 aromatic rings. The first-order valence-corrected chi connectivity index (χ1v) is 11.7. The summed E-state index contributed by atoms with van der Waals surface area (Å²) < 4.78 is 3.61. The van der Waals surface area contributed by atoms with Gasteiger partial charge >= 0.3 is 0 Å². The quantitative estimate of drug-likeness (QED) is 0.582. The van der Waals surface area contributed by atoms with Crippen LogP contribution in [0.25, 0.3) is 16.7 Å². The molecule has 0 saturated carbocycles. The first kappa shape index (κ1) is 20.9. The molecule has 7 nitrogen and oxygen atoms in total. The number of fused-ring (bicyclic) bond motifs is 3. The van der Waals surface area contributed by atoms with Crippen molar-refractivity contribution in [3.8, 4) is 0 Å². The number of amides is 1. The summed E-state index contributed by atoms with van der Waals surface area (Å²) >= 11 is 1.39. The van der Waals surface area contributed by atoms with Crippen LogP contribution in [0.5, 0.6) is 0 Å². The molecule has 0 spiro atoms. The lowest BCUT2D eigenvalue weighted by Crippen LogP contribution is -2.48. The summed E-state index contributed by atoms with van der Waals surface area (Å²) in [4.78, 5) is 28.0. The molecule has 2 unspecified atom stereocenters. The molecule has 1 fully saturated rings. The molecule has 0 aliphatic carbocycles. The van der Waals surface area contributed by atoms with Gasteiger partial charge in [-0.2, -0.15) is 0 Å². The normalized spacial score (nSPS) is 19.8. The Morgan fingerprint density at radius 1 is 1.17 bits per heavy atom. The van der Waals surface area contributed by atoms with Crippen molar-refractivity contribution in [2.45, 2.75) is 70.7 Å². The van der Waals surface area contributed by atoms with Crippen molar-refractivity contribution in [2.24, 2.45) is 5.92 Å². The lowest BCUT2D eigenvalue weighted by atomic mass is 9.98. The van der Waals surface area contributed by atoms with Gasteiger partial charge in [-0.05, 0) is 51.2 Å². The highest BCUT2D eigenvalue weighted by molar-refractivity contribution is 7.99. The van der Waals surface area contributed by atoms with Crippen molar-refractivity contribution in [3.05, 3.63) is 34.6 Å². The Morgan fingerprint density at radius 2 is 1.87 bits per heavy atom. The van der Waals surface area contributed by atoms with Crippen LogP contribution in [0.1, 0.15) is 47.0 Å². The van der Waals surface area contributed by atoms with Crippen molar-refractivity contribution in [1.29, 1.82) is 0 Å². The van der Waals surface area contributed by atoms with Gasteiger partial charge in [-0.3, -0.25) is 18.6 Å². The van der Waals surface area contributed by atoms with Gasteiger partial charge in [-0.15, -0.1) is 10.2 Å². The molecule has 0 bridgehead atoms. The smallest absolute Gasteiger partial charge is 0.262 e. The van der Waals surface area contributed by atoms with E-state index >= 15 is 0 Å². The largest absolute Gasteiger partial charge is 0.337 e. The first-order chi connectivity index (χ1) is 14.4. The third kappa shape index (κ3) is 3.73. The number of likely N-dealkylation sites (tertiary alicyclic amines) is 1. The number of piperidine rings is 1. The van der Waals surface area contributed by atoms with E-state index < -0.39 is 0 Å². The fraction of sp³-hybridized carbons (Fsp3) is 0.545. The maximum absolute atomic E-state index is 13.0. The molecule has 2 atom stereocenters. The molecule has 1 aliphatic heterocycles. The summed E-state index contributed by atoms with van der Waals surface area (Å²) in [6, 6.07) is 8.07. The van der Waals surface area contributed by atoms with E-state index in [2.05, 4.69) is 37.9 Å². The molecule has 0 radical (unpaired) electrons. The average molecular weight is 428 g/mol. The van der Waals surface area contributed by atoms with E-state index in [0.29, 0.717) is 34.5 Å². The molecule has 2 aromatic heterocycles. The van der Waals surface area contributed by atoms with Crippen LogP contribution >= 0.6 is 11.8 Å². The van der Waals surface area contributed by atoms with Gasteiger partial charge < -0.3 is 4.90 Å². The molecule has 1 saturated heterocycles. The maximum Gasteiger partial charge on any atom is 0.262 e. The minimum atomic E-state index is -0.0530. The van der Waals surface area contributed by atoms with Crippen LogP contribution in [-0.4, -0.2) is 47.8 Å². The van der Waals surface area contributed by atoms with Crippen molar-refractivity contribution in [1.82, 2.24) is 24.1 Å². The van der Waals surface area contributed by atoms with Crippen LogP contribution in [0.2, 0.25) is 0 Å². The van der Waals surface area contributed by atoms with E-state index in [0.717, 1.165) is 18.4 Å². The van der Waals surface area contributed by atoms with Gasteiger partial charge in [-0.25, -0.2) is 0 Å². The van der Waals surface area contributed by atoms with E-state index in [1.54, 1.807) is 4.57 Å².